The Kier molecular flexibility index (Phi) is 6.00. The molecule has 176 valence electrons. The van der Waals surface area contributed by atoms with Crippen LogP contribution in [-0.4, -0.2) is 52.1 Å². The maximum absolute atomic E-state index is 14.9. The summed E-state index contributed by atoms with van der Waals surface area (Å²) in [6.07, 6.45) is 2.80. The molecule has 0 bridgehead atoms. The van der Waals surface area contributed by atoms with Crippen molar-refractivity contribution in [2.75, 3.05) is 6.54 Å². The first-order chi connectivity index (χ1) is 16.3. The minimum absolute atomic E-state index is 0.000471. The van der Waals surface area contributed by atoms with E-state index in [0.717, 1.165) is 28.0 Å². The van der Waals surface area contributed by atoms with Crippen LogP contribution >= 0.6 is 15.9 Å². The van der Waals surface area contributed by atoms with E-state index < -0.39 is 23.3 Å². The first-order valence-electron chi connectivity index (χ1n) is 10.8. The first kappa shape index (κ1) is 22.8. The lowest BCUT2D eigenvalue weighted by atomic mass is 9.85. The van der Waals surface area contributed by atoms with Crippen molar-refractivity contribution < 1.29 is 13.9 Å². The van der Waals surface area contributed by atoms with E-state index in [4.69, 9.17) is 4.98 Å². The van der Waals surface area contributed by atoms with Crippen molar-refractivity contribution in [2.45, 2.75) is 38.2 Å². The van der Waals surface area contributed by atoms with E-state index in [-0.39, 0.29) is 12.1 Å². The normalized spacial score (nSPS) is 16.7. The van der Waals surface area contributed by atoms with Gasteiger partial charge in [-0.15, -0.1) is 0 Å². The van der Waals surface area contributed by atoms with Gasteiger partial charge in [0.2, 0.25) is 0 Å². The molecule has 11 heteroatoms. The summed E-state index contributed by atoms with van der Waals surface area (Å²) in [5, 5.41) is 20.6. The van der Waals surface area contributed by atoms with Gasteiger partial charge in [-0.05, 0) is 25.1 Å². The molecule has 0 fully saturated rings. The molecule has 0 amide bonds. The molecule has 5 rings (SSSR count). The molecule has 1 N–H and O–H groups in total. The van der Waals surface area contributed by atoms with Gasteiger partial charge in [0.15, 0.2) is 5.82 Å². The lowest BCUT2D eigenvalue weighted by molar-refractivity contribution is -0.0714. The minimum Gasteiger partial charge on any atom is -0.381 e. The van der Waals surface area contributed by atoms with Crippen molar-refractivity contribution >= 4 is 15.9 Å². The molecule has 2 atom stereocenters. The first-order valence-corrected chi connectivity index (χ1v) is 11.6. The third kappa shape index (κ3) is 4.26. The van der Waals surface area contributed by atoms with Gasteiger partial charge >= 0.3 is 0 Å². The lowest BCUT2D eigenvalue weighted by Crippen LogP contribution is -2.53. The molecular weight excluding hydrogens is 508 g/mol. The highest BCUT2D eigenvalue weighted by atomic mass is 79.9. The minimum atomic E-state index is -1.71. The van der Waals surface area contributed by atoms with Crippen LogP contribution in [0.1, 0.15) is 18.3 Å². The van der Waals surface area contributed by atoms with Crippen molar-refractivity contribution in [1.29, 1.82) is 0 Å². The van der Waals surface area contributed by atoms with E-state index in [1.807, 2.05) is 40.8 Å². The number of rotatable bonds is 6. The zero-order chi connectivity index (χ0) is 23.9. The summed E-state index contributed by atoms with van der Waals surface area (Å²) >= 11 is 3.43. The fourth-order valence-corrected chi connectivity index (χ4v) is 4.62. The molecule has 0 radical (unpaired) electrons. The van der Waals surface area contributed by atoms with Gasteiger partial charge < -0.3 is 5.11 Å². The van der Waals surface area contributed by atoms with Gasteiger partial charge in [-0.25, -0.2) is 28.1 Å². The van der Waals surface area contributed by atoms with E-state index >= 15 is 0 Å². The van der Waals surface area contributed by atoms with Crippen LogP contribution in [-0.2, 0) is 25.2 Å². The number of hydrogen-bond donors (Lipinski definition) is 1. The van der Waals surface area contributed by atoms with E-state index in [9.17, 15) is 13.9 Å². The van der Waals surface area contributed by atoms with Gasteiger partial charge in [-0.1, -0.05) is 34.1 Å². The van der Waals surface area contributed by atoms with Crippen molar-refractivity contribution in [1.82, 2.24) is 34.4 Å². The van der Waals surface area contributed by atoms with Crippen molar-refractivity contribution in [2.24, 2.45) is 0 Å². The molecule has 0 unspecified atom stereocenters. The second-order valence-electron chi connectivity index (χ2n) is 8.37. The maximum Gasteiger partial charge on any atom is 0.181 e. The quantitative estimate of drug-likeness (QED) is 0.412. The third-order valence-corrected chi connectivity index (χ3v) is 6.83. The molecule has 4 aromatic rings. The number of nitrogens with zero attached hydrogens (tertiary/aromatic N) is 7. The standard InChI is InChI=1S/C23H22BrF2N7O/c1-15(23(34,12-32-14-27-13-28-32)19-7-6-18(25)10-20(19)26)31-8-9-33-21(11-31)29-22(30-33)16-2-4-17(24)5-3-16/h2-7,10,13-15,34H,8-9,11-12H2,1H3/t15-,23-/m1/s1. The van der Waals surface area contributed by atoms with Crippen LogP contribution in [0.3, 0.4) is 0 Å². The molecule has 1 aliphatic heterocycles. The number of benzene rings is 2. The van der Waals surface area contributed by atoms with Crippen LogP contribution in [0.15, 0.2) is 59.6 Å². The van der Waals surface area contributed by atoms with Crippen molar-refractivity contribution in [3.63, 3.8) is 0 Å². The molecular formula is C23H22BrF2N7O. The molecule has 3 heterocycles. The zero-order valence-corrected chi connectivity index (χ0v) is 19.9. The van der Waals surface area contributed by atoms with Gasteiger partial charge in [0.25, 0.3) is 0 Å². The predicted octanol–water partition coefficient (Wildman–Crippen LogP) is 3.37. The topological polar surface area (TPSA) is 84.9 Å². The predicted molar refractivity (Wildman–Crippen MR) is 123 cm³/mol. The van der Waals surface area contributed by atoms with Crippen molar-refractivity contribution in [3.8, 4) is 11.4 Å². The summed E-state index contributed by atoms with van der Waals surface area (Å²) < 4.78 is 32.8. The van der Waals surface area contributed by atoms with E-state index in [0.29, 0.717) is 25.5 Å². The average molecular weight is 530 g/mol. The van der Waals surface area contributed by atoms with Gasteiger partial charge in [0.1, 0.15) is 35.7 Å². The molecule has 2 aromatic carbocycles. The molecule has 0 aliphatic carbocycles. The van der Waals surface area contributed by atoms with Crippen LogP contribution in [0.4, 0.5) is 8.78 Å². The highest BCUT2D eigenvalue weighted by Crippen LogP contribution is 2.34. The highest BCUT2D eigenvalue weighted by Gasteiger charge is 2.43. The Balaban J connectivity index is 1.45. The van der Waals surface area contributed by atoms with Gasteiger partial charge in [-0.2, -0.15) is 10.2 Å². The van der Waals surface area contributed by atoms with Crippen LogP contribution in [0.25, 0.3) is 11.4 Å². The van der Waals surface area contributed by atoms with Crippen LogP contribution < -0.4 is 0 Å². The van der Waals surface area contributed by atoms with E-state index in [2.05, 4.69) is 31.1 Å². The molecule has 0 saturated carbocycles. The largest absolute Gasteiger partial charge is 0.381 e. The Morgan fingerprint density at radius 3 is 2.65 bits per heavy atom. The fraction of sp³-hybridized carbons (Fsp3) is 0.304. The molecule has 8 nitrogen and oxygen atoms in total. The van der Waals surface area contributed by atoms with Gasteiger partial charge in [-0.3, -0.25) is 4.90 Å². The number of aromatic nitrogens is 6. The number of aliphatic hydroxyl groups is 1. The fourth-order valence-electron chi connectivity index (χ4n) is 4.35. The van der Waals surface area contributed by atoms with E-state index in [1.165, 1.54) is 23.4 Å². The summed E-state index contributed by atoms with van der Waals surface area (Å²) in [7, 11) is 0. The molecule has 0 spiro atoms. The van der Waals surface area contributed by atoms with Crippen LogP contribution in [0, 0.1) is 11.6 Å². The van der Waals surface area contributed by atoms with Gasteiger partial charge in [0.05, 0.1) is 19.6 Å². The smallest absolute Gasteiger partial charge is 0.181 e. The Bertz CT molecular complexity index is 1300. The second-order valence-corrected chi connectivity index (χ2v) is 9.29. The molecule has 0 saturated heterocycles. The maximum atomic E-state index is 14.9. The number of halogens is 3. The summed E-state index contributed by atoms with van der Waals surface area (Å²) in [6, 6.07) is 10.4. The SMILES string of the molecule is C[C@@H](N1CCn2nc(-c3ccc(Br)cc3)nc2C1)[C@](O)(Cn1cncn1)c1ccc(F)cc1F. The third-order valence-electron chi connectivity index (χ3n) is 6.30. The lowest BCUT2D eigenvalue weighted by Gasteiger charge is -2.42. The molecule has 2 aromatic heterocycles. The average Bonchev–Trinajstić information content (AvgIpc) is 3.48. The number of hydrogen-bond acceptors (Lipinski definition) is 6. The Hall–Kier alpha value is -3.02. The molecule has 34 heavy (non-hydrogen) atoms. The Morgan fingerprint density at radius 1 is 1.15 bits per heavy atom. The summed E-state index contributed by atoms with van der Waals surface area (Å²) in [4.78, 5) is 10.7. The van der Waals surface area contributed by atoms with Gasteiger partial charge in [0, 0.05) is 34.3 Å². The number of fused-ring (bicyclic) bond motifs is 1. The second kappa shape index (κ2) is 8.97. The molecule has 1 aliphatic rings. The highest BCUT2D eigenvalue weighted by molar-refractivity contribution is 9.10. The van der Waals surface area contributed by atoms with Crippen LogP contribution in [0.5, 0.6) is 0 Å². The van der Waals surface area contributed by atoms with Crippen molar-refractivity contribution in [3.05, 3.63) is 82.6 Å². The Morgan fingerprint density at radius 2 is 1.94 bits per heavy atom. The Labute approximate surface area is 203 Å². The van der Waals surface area contributed by atoms with E-state index in [1.54, 1.807) is 0 Å². The summed E-state index contributed by atoms with van der Waals surface area (Å²) in [5.41, 5.74) is -0.803. The monoisotopic (exact) mass is 529 g/mol. The zero-order valence-electron chi connectivity index (χ0n) is 18.3. The van der Waals surface area contributed by atoms with Crippen LogP contribution in [0.2, 0.25) is 0 Å². The summed E-state index contributed by atoms with van der Waals surface area (Å²) in [5.74, 6) is -0.145. The summed E-state index contributed by atoms with van der Waals surface area (Å²) in [6.45, 7) is 3.31.